The fourth-order valence-electron chi connectivity index (χ4n) is 3.18. The van der Waals surface area contributed by atoms with E-state index in [1.807, 2.05) is 30.3 Å². The fourth-order valence-corrected chi connectivity index (χ4v) is 4.96. The summed E-state index contributed by atoms with van der Waals surface area (Å²) in [5, 5.41) is 6.64. The van der Waals surface area contributed by atoms with E-state index >= 15 is 0 Å². The van der Waals surface area contributed by atoms with Gasteiger partial charge in [0, 0.05) is 12.2 Å². The molecule has 1 atom stereocenters. The van der Waals surface area contributed by atoms with Crippen molar-refractivity contribution >= 4 is 21.5 Å². The molecule has 2 N–H and O–H groups in total. The minimum atomic E-state index is -2.90. The van der Waals surface area contributed by atoms with E-state index in [1.165, 1.54) is 5.56 Å². The van der Waals surface area contributed by atoms with Crippen LogP contribution in [0.2, 0.25) is 0 Å². The van der Waals surface area contributed by atoms with Gasteiger partial charge in [0.1, 0.15) is 0 Å². The van der Waals surface area contributed by atoms with E-state index in [9.17, 15) is 8.42 Å². The number of aryl methyl sites for hydroxylation is 1. The average molecular weight is 386 g/mol. The van der Waals surface area contributed by atoms with Crippen LogP contribution >= 0.6 is 0 Å². The second-order valence-electron chi connectivity index (χ2n) is 7.14. The zero-order valence-electron chi connectivity index (χ0n) is 15.7. The number of aliphatic imine (C=N–C) groups is 1. The Morgan fingerprint density at radius 1 is 1.11 bits per heavy atom. The summed E-state index contributed by atoms with van der Waals surface area (Å²) in [6, 6.07) is 18.2. The lowest BCUT2D eigenvalue weighted by Gasteiger charge is -2.23. The molecule has 1 saturated heterocycles. The van der Waals surface area contributed by atoms with Crippen LogP contribution in [0.15, 0.2) is 59.6 Å². The topological polar surface area (TPSA) is 70.6 Å². The highest BCUT2D eigenvalue weighted by atomic mass is 32.2. The standard InChI is InChI=1S/C21H27N3O2S/c1-17-9-11-18(12-10-17)14-22-21(24-20-7-3-2-4-8-20)23-15-19-6-5-13-27(25,26)16-19/h2-4,7-12,19H,5-6,13-16H2,1H3,(H2,22,23,24). The summed E-state index contributed by atoms with van der Waals surface area (Å²) in [6.45, 7) is 3.23. The van der Waals surface area contributed by atoms with Crippen molar-refractivity contribution in [3.63, 3.8) is 0 Å². The third-order valence-corrected chi connectivity index (χ3v) is 6.58. The first kappa shape index (κ1) is 19.4. The molecular weight excluding hydrogens is 358 g/mol. The lowest BCUT2D eigenvalue weighted by atomic mass is 10.1. The number of guanidine groups is 1. The molecule has 144 valence electrons. The van der Waals surface area contributed by atoms with E-state index in [0.717, 1.165) is 24.1 Å². The van der Waals surface area contributed by atoms with E-state index in [0.29, 0.717) is 24.8 Å². The summed E-state index contributed by atoms with van der Waals surface area (Å²) < 4.78 is 23.7. The van der Waals surface area contributed by atoms with Crippen molar-refractivity contribution in [2.75, 3.05) is 23.4 Å². The van der Waals surface area contributed by atoms with Crippen molar-refractivity contribution in [2.24, 2.45) is 10.9 Å². The summed E-state index contributed by atoms with van der Waals surface area (Å²) in [4.78, 5) is 4.68. The lowest BCUT2D eigenvalue weighted by Crippen LogP contribution is -2.38. The molecule has 0 saturated carbocycles. The van der Waals surface area contributed by atoms with Gasteiger partial charge in [-0.1, -0.05) is 48.0 Å². The van der Waals surface area contributed by atoms with Gasteiger partial charge in [-0.3, -0.25) is 0 Å². The Labute approximate surface area is 161 Å². The van der Waals surface area contributed by atoms with Crippen LogP contribution in [-0.4, -0.2) is 32.4 Å². The minimum Gasteiger partial charge on any atom is -0.356 e. The predicted molar refractivity (Wildman–Crippen MR) is 112 cm³/mol. The number of hydrogen-bond acceptors (Lipinski definition) is 3. The van der Waals surface area contributed by atoms with Crippen molar-refractivity contribution in [1.29, 1.82) is 0 Å². The first-order chi connectivity index (χ1) is 13.0. The maximum Gasteiger partial charge on any atom is 0.196 e. The number of para-hydroxylation sites is 1. The van der Waals surface area contributed by atoms with Crippen LogP contribution in [0.5, 0.6) is 0 Å². The highest BCUT2D eigenvalue weighted by molar-refractivity contribution is 7.91. The molecule has 1 aliphatic rings. The average Bonchev–Trinajstić information content (AvgIpc) is 2.65. The lowest BCUT2D eigenvalue weighted by molar-refractivity contribution is 0.479. The van der Waals surface area contributed by atoms with E-state index in [-0.39, 0.29) is 11.7 Å². The smallest absolute Gasteiger partial charge is 0.196 e. The molecule has 0 aromatic heterocycles. The molecule has 0 amide bonds. The monoisotopic (exact) mass is 385 g/mol. The molecule has 0 aliphatic carbocycles. The van der Waals surface area contributed by atoms with Crippen molar-refractivity contribution < 1.29 is 8.42 Å². The van der Waals surface area contributed by atoms with Gasteiger partial charge in [-0.15, -0.1) is 0 Å². The second-order valence-corrected chi connectivity index (χ2v) is 9.37. The van der Waals surface area contributed by atoms with Crippen LogP contribution in [-0.2, 0) is 16.4 Å². The van der Waals surface area contributed by atoms with Crippen LogP contribution in [0.1, 0.15) is 24.0 Å². The molecule has 1 heterocycles. The van der Waals surface area contributed by atoms with E-state index in [4.69, 9.17) is 0 Å². The van der Waals surface area contributed by atoms with E-state index in [2.05, 4.69) is 46.8 Å². The maximum atomic E-state index is 11.9. The Kier molecular flexibility index (Phi) is 6.50. The van der Waals surface area contributed by atoms with Crippen LogP contribution in [0.3, 0.4) is 0 Å². The van der Waals surface area contributed by atoms with Gasteiger partial charge >= 0.3 is 0 Å². The molecule has 5 nitrogen and oxygen atoms in total. The van der Waals surface area contributed by atoms with Crippen molar-refractivity contribution in [1.82, 2.24) is 5.32 Å². The normalized spacial score (nSPS) is 19.4. The number of rotatable bonds is 5. The molecule has 1 aliphatic heterocycles. The first-order valence-electron chi connectivity index (χ1n) is 9.36. The Morgan fingerprint density at radius 3 is 2.56 bits per heavy atom. The van der Waals surface area contributed by atoms with Crippen LogP contribution in [0.4, 0.5) is 5.69 Å². The fraction of sp³-hybridized carbons (Fsp3) is 0.381. The third-order valence-electron chi connectivity index (χ3n) is 4.69. The van der Waals surface area contributed by atoms with Crippen LogP contribution in [0.25, 0.3) is 0 Å². The summed E-state index contributed by atoms with van der Waals surface area (Å²) in [7, 11) is -2.90. The molecule has 1 unspecified atom stereocenters. The van der Waals surface area contributed by atoms with Crippen molar-refractivity contribution in [3.8, 4) is 0 Å². The molecule has 2 aromatic carbocycles. The van der Waals surface area contributed by atoms with Gasteiger partial charge in [0.25, 0.3) is 0 Å². The van der Waals surface area contributed by atoms with Gasteiger partial charge in [0.15, 0.2) is 15.8 Å². The van der Waals surface area contributed by atoms with Crippen LogP contribution in [0, 0.1) is 12.8 Å². The van der Waals surface area contributed by atoms with Crippen molar-refractivity contribution in [2.45, 2.75) is 26.3 Å². The Balaban J connectivity index is 1.67. The number of benzene rings is 2. The van der Waals surface area contributed by atoms with Gasteiger partial charge in [-0.05, 0) is 43.4 Å². The Bertz CT molecular complexity index is 862. The maximum absolute atomic E-state index is 11.9. The molecule has 1 fully saturated rings. The molecule has 27 heavy (non-hydrogen) atoms. The second kappa shape index (κ2) is 9.04. The SMILES string of the molecule is Cc1ccc(CN=C(NCC2CCCS(=O)(=O)C2)Nc2ccccc2)cc1. The van der Waals surface area contributed by atoms with Gasteiger partial charge in [-0.25, -0.2) is 13.4 Å². The van der Waals surface area contributed by atoms with Crippen molar-refractivity contribution in [3.05, 3.63) is 65.7 Å². The quantitative estimate of drug-likeness (QED) is 0.611. The summed E-state index contributed by atoms with van der Waals surface area (Å²) in [5.74, 6) is 1.38. The summed E-state index contributed by atoms with van der Waals surface area (Å²) >= 11 is 0. The molecule has 0 spiro atoms. The molecular formula is C21H27N3O2S. The zero-order valence-corrected chi connectivity index (χ0v) is 16.5. The molecule has 2 aromatic rings. The molecule has 0 radical (unpaired) electrons. The van der Waals surface area contributed by atoms with E-state index in [1.54, 1.807) is 0 Å². The summed E-state index contributed by atoms with van der Waals surface area (Å²) in [6.07, 6.45) is 1.68. The number of hydrogen-bond donors (Lipinski definition) is 2. The van der Waals surface area contributed by atoms with Gasteiger partial charge in [0.2, 0.25) is 0 Å². The summed E-state index contributed by atoms with van der Waals surface area (Å²) in [5.41, 5.74) is 3.31. The Morgan fingerprint density at radius 2 is 1.85 bits per heavy atom. The largest absolute Gasteiger partial charge is 0.356 e. The highest BCUT2D eigenvalue weighted by Crippen LogP contribution is 2.17. The molecule has 0 bridgehead atoms. The third kappa shape index (κ3) is 6.40. The van der Waals surface area contributed by atoms with Gasteiger partial charge in [0.05, 0.1) is 18.1 Å². The van der Waals surface area contributed by atoms with Gasteiger partial charge < -0.3 is 10.6 Å². The van der Waals surface area contributed by atoms with Gasteiger partial charge in [-0.2, -0.15) is 0 Å². The molecule has 3 rings (SSSR count). The highest BCUT2D eigenvalue weighted by Gasteiger charge is 2.24. The van der Waals surface area contributed by atoms with Crippen LogP contribution < -0.4 is 10.6 Å². The number of sulfone groups is 1. The number of nitrogens with zero attached hydrogens (tertiary/aromatic N) is 1. The first-order valence-corrected chi connectivity index (χ1v) is 11.2. The van der Waals surface area contributed by atoms with E-state index < -0.39 is 9.84 Å². The number of nitrogens with one attached hydrogen (secondary N) is 2. The minimum absolute atomic E-state index is 0.130. The zero-order chi connectivity index (χ0) is 19.1. The number of anilines is 1. The Hall–Kier alpha value is -2.34. The predicted octanol–water partition coefficient (Wildman–Crippen LogP) is 3.38. The molecule has 6 heteroatoms.